The summed E-state index contributed by atoms with van der Waals surface area (Å²) in [6.45, 7) is 9.10. The molecule has 2 aromatic carbocycles. The summed E-state index contributed by atoms with van der Waals surface area (Å²) < 4.78 is 7.92. The Bertz CT molecular complexity index is 1190. The quantitative estimate of drug-likeness (QED) is 0.296. The van der Waals surface area contributed by atoms with Crippen LogP contribution in [0.3, 0.4) is 0 Å². The Labute approximate surface area is 197 Å². The number of nitrogens with zero attached hydrogens (tertiary/aromatic N) is 4. The van der Waals surface area contributed by atoms with Gasteiger partial charge in [-0.05, 0) is 36.1 Å². The number of thioether (sulfide) groups is 1. The highest BCUT2D eigenvalue weighted by Crippen LogP contribution is 2.28. The summed E-state index contributed by atoms with van der Waals surface area (Å²) in [5.41, 5.74) is 4.88. The lowest BCUT2D eigenvalue weighted by molar-refractivity contribution is 0.290. The molecular weight excluding hydrogens is 436 g/mol. The molecule has 0 spiro atoms. The van der Waals surface area contributed by atoms with E-state index in [1.54, 1.807) is 23.1 Å². The van der Waals surface area contributed by atoms with Crippen LogP contribution in [0.2, 0.25) is 0 Å². The van der Waals surface area contributed by atoms with E-state index in [4.69, 9.17) is 9.72 Å². The topological polar surface area (TPSA) is 52.8 Å². The molecule has 0 saturated carbocycles. The van der Waals surface area contributed by atoms with Crippen LogP contribution in [0.25, 0.3) is 10.6 Å². The number of thiazole rings is 1. The Morgan fingerprint density at radius 1 is 1.06 bits per heavy atom. The molecule has 0 aliphatic carbocycles. The molecule has 0 N–H and O–H groups in total. The molecule has 166 valence electrons. The maximum absolute atomic E-state index is 5.94. The minimum absolute atomic E-state index is 0.131. The van der Waals surface area contributed by atoms with Gasteiger partial charge in [0.2, 0.25) is 0 Å². The molecule has 4 aromatic rings. The van der Waals surface area contributed by atoms with Crippen molar-refractivity contribution in [2.75, 3.05) is 0 Å². The van der Waals surface area contributed by atoms with Crippen molar-refractivity contribution in [1.29, 1.82) is 0 Å². The van der Waals surface area contributed by atoms with Crippen molar-refractivity contribution < 1.29 is 4.74 Å². The van der Waals surface area contributed by atoms with Gasteiger partial charge in [-0.3, -0.25) is 0 Å². The van der Waals surface area contributed by atoms with Crippen LogP contribution in [0.5, 0.6) is 5.75 Å². The number of benzene rings is 2. The Balaban J connectivity index is 1.34. The van der Waals surface area contributed by atoms with Crippen LogP contribution in [0.4, 0.5) is 0 Å². The maximum Gasteiger partial charge on any atom is 0.191 e. The first-order valence-electron chi connectivity index (χ1n) is 10.6. The first-order chi connectivity index (χ1) is 15.3. The van der Waals surface area contributed by atoms with Gasteiger partial charge in [0.1, 0.15) is 17.4 Å². The normalized spacial score (nSPS) is 11.7. The van der Waals surface area contributed by atoms with Gasteiger partial charge in [-0.15, -0.1) is 21.5 Å². The smallest absolute Gasteiger partial charge is 0.191 e. The van der Waals surface area contributed by atoms with Crippen molar-refractivity contribution in [2.24, 2.45) is 7.05 Å². The van der Waals surface area contributed by atoms with Crippen LogP contribution in [0.15, 0.2) is 59.1 Å². The van der Waals surface area contributed by atoms with Crippen LogP contribution in [0.1, 0.15) is 43.4 Å². The highest BCUT2D eigenvalue weighted by molar-refractivity contribution is 7.98. The zero-order valence-corrected chi connectivity index (χ0v) is 20.8. The second-order valence-corrected chi connectivity index (χ2v) is 10.6. The van der Waals surface area contributed by atoms with Gasteiger partial charge in [0.05, 0.1) is 5.69 Å². The summed E-state index contributed by atoms with van der Waals surface area (Å²) in [6, 6.07) is 16.7. The summed E-state index contributed by atoms with van der Waals surface area (Å²) >= 11 is 3.31. The fourth-order valence-electron chi connectivity index (χ4n) is 3.22. The van der Waals surface area contributed by atoms with Gasteiger partial charge in [-0.25, -0.2) is 4.98 Å². The Morgan fingerprint density at radius 2 is 1.84 bits per heavy atom. The van der Waals surface area contributed by atoms with Gasteiger partial charge in [-0.2, -0.15) is 0 Å². The van der Waals surface area contributed by atoms with Crippen LogP contribution < -0.4 is 4.74 Å². The van der Waals surface area contributed by atoms with E-state index in [0.29, 0.717) is 6.61 Å². The van der Waals surface area contributed by atoms with Gasteiger partial charge in [0, 0.05) is 23.7 Å². The van der Waals surface area contributed by atoms with E-state index in [0.717, 1.165) is 33.2 Å². The molecule has 2 heterocycles. The molecule has 0 atom stereocenters. The van der Waals surface area contributed by atoms with E-state index in [-0.39, 0.29) is 5.41 Å². The van der Waals surface area contributed by atoms with Crippen LogP contribution >= 0.6 is 23.1 Å². The predicted octanol–water partition coefficient (Wildman–Crippen LogP) is 6.42. The zero-order valence-electron chi connectivity index (χ0n) is 19.1. The van der Waals surface area contributed by atoms with Crippen molar-refractivity contribution in [3.8, 4) is 16.3 Å². The third kappa shape index (κ3) is 5.40. The fraction of sp³-hybridized carbons (Fsp3) is 0.320. The molecule has 0 fully saturated rings. The molecule has 0 unspecified atom stereocenters. The standard InChI is InChI=1S/C25H28N4OS2/c1-17-7-6-8-18(13-17)23-26-20(15-31-23)16-32-24-28-27-22(29(24)5)14-30-21-11-9-19(10-12-21)25(2,3)4/h6-13,15H,14,16H2,1-5H3. The minimum atomic E-state index is 0.131. The SMILES string of the molecule is Cc1cccc(-c2nc(CSc3nnc(COc4ccc(C(C)(C)C)cc4)n3C)cs2)c1. The van der Waals surface area contributed by atoms with Crippen molar-refractivity contribution in [3.63, 3.8) is 0 Å². The van der Waals surface area contributed by atoms with Crippen molar-refractivity contribution >= 4 is 23.1 Å². The number of hydrogen-bond donors (Lipinski definition) is 0. The summed E-state index contributed by atoms with van der Waals surface area (Å²) in [5.74, 6) is 2.39. The monoisotopic (exact) mass is 464 g/mol. The third-order valence-corrected chi connectivity index (χ3v) is 7.17. The van der Waals surface area contributed by atoms with Gasteiger partial charge < -0.3 is 9.30 Å². The van der Waals surface area contributed by atoms with E-state index >= 15 is 0 Å². The van der Waals surface area contributed by atoms with Crippen molar-refractivity contribution in [3.05, 3.63) is 76.6 Å². The van der Waals surface area contributed by atoms with Crippen LogP contribution in [0, 0.1) is 6.92 Å². The molecule has 2 aromatic heterocycles. The average molecular weight is 465 g/mol. The lowest BCUT2D eigenvalue weighted by Crippen LogP contribution is -2.10. The molecule has 0 saturated heterocycles. The molecule has 0 radical (unpaired) electrons. The Morgan fingerprint density at radius 3 is 2.56 bits per heavy atom. The second kappa shape index (κ2) is 9.46. The van der Waals surface area contributed by atoms with Crippen molar-refractivity contribution in [2.45, 2.75) is 50.6 Å². The van der Waals surface area contributed by atoms with E-state index in [9.17, 15) is 0 Å². The largest absolute Gasteiger partial charge is 0.486 e. The molecule has 5 nitrogen and oxygen atoms in total. The van der Waals surface area contributed by atoms with Crippen LogP contribution in [-0.2, 0) is 24.8 Å². The molecular formula is C25H28N4OS2. The highest BCUT2D eigenvalue weighted by Gasteiger charge is 2.14. The first kappa shape index (κ1) is 22.6. The van der Waals surface area contributed by atoms with Gasteiger partial charge >= 0.3 is 0 Å². The summed E-state index contributed by atoms with van der Waals surface area (Å²) in [4.78, 5) is 4.79. The Kier molecular flexibility index (Phi) is 6.67. The molecule has 0 aliphatic rings. The van der Waals surface area contributed by atoms with E-state index in [1.807, 2.05) is 23.7 Å². The van der Waals surface area contributed by atoms with Gasteiger partial charge in [0.15, 0.2) is 11.0 Å². The number of ether oxygens (including phenoxy) is 1. The highest BCUT2D eigenvalue weighted by atomic mass is 32.2. The van der Waals surface area contributed by atoms with E-state index in [2.05, 4.69) is 79.7 Å². The van der Waals surface area contributed by atoms with Crippen molar-refractivity contribution in [1.82, 2.24) is 19.7 Å². The number of rotatable bonds is 7. The lowest BCUT2D eigenvalue weighted by Gasteiger charge is -2.19. The first-order valence-corrected chi connectivity index (χ1v) is 12.4. The number of hydrogen-bond acceptors (Lipinski definition) is 6. The molecule has 4 rings (SSSR count). The third-order valence-electron chi connectivity index (χ3n) is 5.18. The number of aromatic nitrogens is 4. The predicted molar refractivity (Wildman–Crippen MR) is 132 cm³/mol. The minimum Gasteiger partial charge on any atom is -0.486 e. The average Bonchev–Trinajstić information content (AvgIpc) is 3.37. The molecule has 0 amide bonds. The van der Waals surface area contributed by atoms with Gasteiger partial charge in [0.25, 0.3) is 0 Å². The van der Waals surface area contributed by atoms with E-state index < -0.39 is 0 Å². The van der Waals surface area contributed by atoms with Crippen LogP contribution in [-0.4, -0.2) is 19.7 Å². The molecule has 0 bridgehead atoms. The molecule has 32 heavy (non-hydrogen) atoms. The summed E-state index contributed by atoms with van der Waals surface area (Å²) in [5, 5.41) is 12.7. The zero-order chi connectivity index (χ0) is 22.7. The maximum atomic E-state index is 5.94. The molecule has 0 aliphatic heterocycles. The van der Waals surface area contributed by atoms with Gasteiger partial charge in [-0.1, -0.05) is 68.4 Å². The fourth-order valence-corrected chi connectivity index (χ4v) is 4.96. The lowest BCUT2D eigenvalue weighted by atomic mass is 9.87. The summed E-state index contributed by atoms with van der Waals surface area (Å²) in [6.07, 6.45) is 0. The molecule has 7 heteroatoms. The Hall–Kier alpha value is -2.64. The second-order valence-electron chi connectivity index (χ2n) is 8.82. The summed E-state index contributed by atoms with van der Waals surface area (Å²) in [7, 11) is 1.98. The number of aryl methyl sites for hydroxylation is 1. The van der Waals surface area contributed by atoms with E-state index in [1.165, 1.54) is 16.7 Å².